The highest BCUT2D eigenvalue weighted by Crippen LogP contribution is 2.19. The molecule has 1 unspecified atom stereocenters. The van der Waals surface area contributed by atoms with Crippen molar-refractivity contribution in [2.24, 2.45) is 10.7 Å². The van der Waals surface area contributed by atoms with E-state index in [2.05, 4.69) is 40.1 Å². The van der Waals surface area contributed by atoms with Crippen LogP contribution in [0.5, 0.6) is 0 Å². The number of nitrogens with zero attached hydrogens (tertiary/aromatic N) is 1. The fraction of sp³-hybridized carbons (Fsp3) is 0.333. The molecule has 1 aromatic carbocycles. The quantitative estimate of drug-likeness (QED) is 0.329. The molecular formula is C18H25IN4OS. The predicted molar refractivity (Wildman–Crippen MR) is 116 cm³/mol. The van der Waals surface area contributed by atoms with Gasteiger partial charge in [0, 0.05) is 29.4 Å². The van der Waals surface area contributed by atoms with Crippen LogP contribution in [0.15, 0.2) is 46.8 Å². The van der Waals surface area contributed by atoms with Gasteiger partial charge < -0.3 is 16.4 Å². The molecule has 0 saturated carbocycles. The molecule has 1 heterocycles. The summed E-state index contributed by atoms with van der Waals surface area (Å²) in [7, 11) is 0. The van der Waals surface area contributed by atoms with Crippen LogP contribution >= 0.6 is 35.3 Å². The number of amides is 1. The second-order valence-electron chi connectivity index (χ2n) is 5.55. The lowest BCUT2D eigenvalue weighted by Crippen LogP contribution is -2.39. The number of carbonyl (C=O) groups is 1. The van der Waals surface area contributed by atoms with E-state index in [1.807, 2.05) is 19.1 Å². The number of rotatable bonds is 7. The van der Waals surface area contributed by atoms with Crippen molar-refractivity contribution in [1.82, 2.24) is 10.6 Å². The van der Waals surface area contributed by atoms with Crippen LogP contribution in [0.25, 0.3) is 0 Å². The standard InChI is InChI=1S/C18H24N4OS.HI/c1-3-20-18(21-11-13(2)16-5-4-10-24-16)22-12-14-6-8-15(9-7-14)17(19)23;/h4-10,13H,3,11-12H2,1-2H3,(H2,19,23)(H2,20,21,22);1H. The van der Waals surface area contributed by atoms with Crippen LogP contribution in [-0.4, -0.2) is 25.0 Å². The molecule has 0 spiro atoms. The van der Waals surface area contributed by atoms with Gasteiger partial charge in [0.2, 0.25) is 5.91 Å². The van der Waals surface area contributed by atoms with Gasteiger partial charge >= 0.3 is 0 Å². The Balaban J connectivity index is 0.00000312. The van der Waals surface area contributed by atoms with E-state index in [1.165, 1.54) is 4.88 Å². The fourth-order valence-corrected chi connectivity index (χ4v) is 3.00. The third kappa shape index (κ3) is 7.03. The van der Waals surface area contributed by atoms with Crippen molar-refractivity contribution in [1.29, 1.82) is 0 Å². The van der Waals surface area contributed by atoms with E-state index in [-0.39, 0.29) is 24.0 Å². The van der Waals surface area contributed by atoms with E-state index in [9.17, 15) is 4.79 Å². The Kier molecular flexibility index (Phi) is 9.51. The van der Waals surface area contributed by atoms with Crippen molar-refractivity contribution in [3.05, 3.63) is 57.8 Å². The van der Waals surface area contributed by atoms with E-state index in [0.29, 0.717) is 18.0 Å². The summed E-state index contributed by atoms with van der Waals surface area (Å²) in [5.74, 6) is 0.811. The van der Waals surface area contributed by atoms with Gasteiger partial charge in [-0.05, 0) is 36.1 Å². The topological polar surface area (TPSA) is 79.5 Å². The number of nitrogens with two attached hydrogens (primary N) is 1. The van der Waals surface area contributed by atoms with Gasteiger partial charge in [-0.3, -0.25) is 4.79 Å². The molecule has 0 fully saturated rings. The third-order valence-corrected chi connectivity index (χ3v) is 4.71. The van der Waals surface area contributed by atoms with E-state index >= 15 is 0 Å². The first kappa shape index (κ1) is 21.4. The Morgan fingerprint density at radius 1 is 1.24 bits per heavy atom. The molecule has 4 N–H and O–H groups in total. The van der Waals surface area contributed by atoms with Crippen molar-refractivity contribution >= 4 is 47.2 Å². The van der Waals surface area contributed by atoms with Gasteiger partial charge in [-0.1, -0.05) is 25.1 Å². The maximum Gasteiger partial charge on any atom is 0.248 e. The minimum Gasteiger partial charge on any atom is -0.366 e. The van der Waals surface area contributed by atoms with Gasteiger partial charge in [0.1, 0.15) is 0 Å². The third-order valence-electron chi connectivity index (χ3n) is 3.61. The highest BCUT2D eigenvalue weighted by molar-refractivity contribution is 14.0. The monoisotopic (exact) mass is 472 g/mol. The number of thiophene rings is 1. The summed E-state index contributed by atoms with van der Waals surface area (Å²) < 4.78 is 0. The maximum atomic E-state index is 11.1. The van der Waals surface area contributed by atoms with Gasteiger partial charge in [0.25, 0.3) is 0 Å². The van der Waals surface area contributed by atoms with Crippen LogP contribution in [0.4, 0.5) is 0 Å². The zero-order valence-electron chi connectivity index (χ0n) is 14.5. The molecule has 2 aromatic rings. The van der Waals surface area contributed by atoms with Crippen LogP contribution < -0.4 is 16.4 Å². The Bertz CT molecular complexity index is 671. The van der Waals surface area contributed by atoms with Crippen molar-refractivity contribution in [3.63, 3.8) is 0 Å². The number of benzene rings is 1. The average Bonchev–Trinajstić information content (AvgIpc) is 3.12. The molecule has 136 valence electrons. The van der Waals surface area contributed by atoms with E-state index in [4.69, 9.17) is 5.73 Å². The summed E-state index contributed by atoms with van der Waals surface area (Å²) in [5, 5.41) is 8.73. The molecule has 0 aliphatic heterocycles. The minimum atomic E-state index is -0.414. The van der Waals surface area contributed by atoms with Crippen LogP contribution in [0.2, 0.25) is 0 Å². The van der Waals surface area contributed by atoms with Crippen molar-refractivity contribution in [2.75, 3.05) is 13.1 Å². The zero-order chi connectivity index (χ0) is 17.4. The first-order valence-corrected chi connectivity index (χ1v) is 8.92. The van der Waals surface area contributed by atoms with Crippen molar-refractivity contribution < 1.29 is 4.79 Å². The van der Waals surface area contributed by atoms with E-state index in [0.717, 1.165) is 24.6 Å². The molecule has 5 nitrogen and oxygen atoms in total. The normalized spacial score (nSPS) is 12.2. The lowest BCUT2D eigenvalue weighted by Gasteiger charge is -2.15. The molecule has 0 radical (unpaired) electrons. The molecule has 1 atom stereocenters. The van der Waals surface area contributed by atoms with Gasteiger partial charge in [0.15, 0.2) is 5.96 Å². The molecule has 0 saturated heterocycles. The smallest absolute Gasteiger partial charge is 0.248 e. The highest BCUT2D eigenvalue weighted by Gasteiger charge is 2.07. The maximum absolute atomic E-state index is 11.1. The summed E-state index contributed by atoms with van der Waals surface area (Å²) >= 11 is 1.77. The number of hydrogen-bond acceptors (Lipinski definition) is 3. The van der Waals surface area contributed by atoms with Gasteiger partial charge in [-0.15, -0.1) is 35.3 Å². The van der Waals surface area contributed by atoms with E-state index in [1.54, 1.807) is 23.5 Å². The highest BCUT2D eigenvalue weighted by atomic mass is 127. The molecule has 0 bridgehead atoms. The molecular weight excluding hydrogens is 447 g/mol. The molecule has 2 rings (SSSR count). The number of aliphatic imine (C=N–C) groups is 1. The predicted octanol–water partition coefficient (Wildman–Crippen LogP) is 3.32. The Hall–Kier alpha value is -1.61. The number of halogens is 1. The average molecular weight is 472 g/mol. The molecule has 7 heteroatoms. The number of nitrogens with one attached hydrogen (secondary N) is 2. The Morgan fingerprint density at radius 3 is 2.52 bits per heavy atom. The SMILES string of the molecule is CCNC(=NCc1ccc(C(N)=O)cc1)NCC(C)c1cccs1.I. The molecule has 0 aliphatic carbocycles. The number of guanidine groups is 1. The number of hydrogen-bond donors (Lipinski definition) is 3. The number of primary amides is 1. The second-order valence-corrected chi connectivity index (χ2v) is 6.53. The van der Waals surface area contributed by atoms with Gasteiger partial charge in [0.05, 0.1) is 6.54 Å². The van der Waals surface area contributed by atoms with Crippen LogP contribution in [0.1, 0.15) is 40.6 Å². The lowest BCUT2D eigenvalue weighted by atomic mass is 10.1. The Labute approximate surface area is 170 Å². The fourth-order valence-electron chi connectivity index (χ4n) is 2.21. The zero-order valence-corrected chi connectivity index (χ0v) is 17.6. The van der Waals surface area contributed by atoms with Crippen LogP contribution in [-0.2, 0) is 6.54 Å². The largest absolute Gasteiger partial charge is 0.366 e. The summed E-state index contributed by atoms with van der Waals surface area (Å²) in [6.45, 7) is 6.42. The summed E-state index contributed by atoms with van der Waals surface area (Å²) in [6, 6.07) is 11.4. The summed E-state index contributed by atoms with van der Waals surface area (Å²) in [4.78, 5) is 17.0. The van der Waals surface area contributed by atoms with Gasteiger partial charge in [-0.2, -0.15) is 0 Å². The Morgan fingerprint density at radius 2 is 1.96 bits per heavy atom. The summed E-state index contributed by atoms with van der Waals surface area (Å²) in [6.07, 6.45) is 0. The molecule has 1 amide bonds. The van der Waals surface area contributed by atoms with Crippen LogP contribution in [0, 0.1) is 0 Å². The molecule has 25 heavy (non-hydrogen) atoms. The van der Waals surface area contributed by atoms with E-state index < -0.39 is 5.91 Å². The number of carbonyl (C=O) groups excluding carboxylic acids is 1. The van der Waals surface area contributed by atoms with Crippen molar-refractivity contribution in [3.8, 4) is 0 Å². The first-order valence-electron chi connectivity index (χ1n) is 8.04. The summed E-state index contributed by atoms with van der Waals surface area (Å²) in [5.41, 5.74) is 6.79. The lowest BCUT2D eigenvalue weighted by molar-refractivity contribution is 0.100. The van der Waals surface area contributed by atoms with Gasteiger partial charge in [-0.25, -0.2) is 4.99 Å². The molecule has 1 aromatic heterocycles. The first-order chi connectivity index (χ1) is 11.6. The van der Waals surface area contributed by atoms with Crippen molar-refractivity contribution in [2.45, 2.75) is 26.3 Å². The molecule has 0 aliphatic rings. The second kappa shape index (κ2) is 11.1. The van der Waals surface area contributed by atoms with Crippen LogP contribution in [0.3, 0.4) is 0 Å². The minimum absolute atomic E-state index is 0.